The van der Waals surface area contributed by atoms with Crippen molar-refractivity contribution in [1.29, 1.82) is 0 Å². The van der Waals surface area contributed by atoms with Crippen LogP contribution < -0.4 is 10.6 Å². The van der Waals surface area contributed by atoms with Crippen LogP contribution in [-0.4, -0.2) is 48.1 Å². The largest absolute Gasteiger partial charge is 0.394 e. The molecule has 3 aromatic rings. The van der Waals surface area contributed by atoms with Gasteiger partial charge >= 0.3 is 0 Å². The fraction of sp³-hybridized carbons (Fsp3) is 0.579. The predicted molar refractivity (Wildman–Crippen MR) is 109 cm³/mol. The molecule has 0 amide bonds. The Labute approximate surface area is 163 Å². The standard InChI is InChI=1S/C19H28N8O/c1-11(2)14-8-16(26-25-14)22-17-13-9-20-27-18(13)24-19(23-17)21-15(10-28)12-6-4-3-5-7-12/h8-9,11-12,15,28H,3-7,10H2,1-2H3,(H4,20,21,22,23,24,25,26,27)/t15-/m0/s1. The van der Waals surface area contributed by atoms with Crippen LogP contribution >= 0.6 is 0 Å². The summed E-state index contributed by atoms with van der Waals surface area (Å²) in [6.07, 6.45) is 7.66. The van der Waals surface area contributed by atoms with Gasteiger partial charge in [-0.3, -0.25) is 10.2 Å². The highest BCUT2D eigenvalue weighted by Gasteiger charge is 2.24. The lowest BCUT2D eigenvalue weighted by molar-refractivity contribution is 0.209. The number of nitrogens with one attached hydrogen (secondary N) is 4. The number of aromatic amines is 2. The van der Waals surface area contributed by atoms with Gasteiger partial charge < -0.3 is 15.7 Å². The van der Waals surface area contributed by atoms with Crippen LogP contribution in [0.25, 0.3) is 11.0 Å². The summed E-state index contributed by atoms with van der Waals surface area (Å²) in [5.41, 5.74) is 1.69. The fourth-order valence-electron chi connectivity index (χ4n) is 3.83. The lowest BCUT2D eigenvalue weighted by atomic mass is 9.84. The molecular formula is C19H28N8O. The Bertz CT molecular complexity index is 912. The molecule has 4 rings (SSSR count). The zero-order valence-electron chi connectivity index (χ0n) is 16.4. The zero-order valence-corrected chi connectivity index (χ0v) is 16.4. The maximum atomic E-state index is 9.90. The van der Waals surface area contributed by atoms with Gasteiger partial charge in [-0.15, -0.1) is 0 Å². The van der Waals surface area contributed by atoms with Crippen molar-refractivity contribution in [3.8, 4) is 0 Å². The summed E-state index contributed by atoms with van der Waals surface area (Å²) < 4.78 is 0. The second-order valence-electron chi connectivity index (χ2n) is 7.85. The van der Waals surface area contributed by atoms with E-state index in [4.69, 9.17) is 0 Å². The summed E-state index contributed by atoms with van der Waals surface area (Å²) in [6, 6.07) is 1.93. The zero-order chi connectivity index (χ0) is 19.5. The fourth-order valence-corrected chi connectivity index (χ4v) is 3.83. The predicted octanol–water partition coefficient (Wildman–Crippen LogP) is 3.30. The van der Waals surface area contributed by atoms with E-state index in [0.29, 0.717) is 35.1 Å². The van der Waals surface area contributed by atoms with E-state index in [9.17, 15) is 5.11 Å². The molecule has 3 heterocycles. The van der Waals surface area contributed by atoms with E-state index < -0.39 is 0 Å². The number of aliphatic hydroxyl groups excluding tert-OH is 1. The van der Waals surface area contributed by atoms with Crippen molar-refractivity contribution in [3.05, 3.63) is 18.0 Å². The Morgan fingerprint density at radius 2 is 2.00 bits per heavy atom. The molecule has 0 saturated heterocycles. The molecule has 0 radical (unpaired) electrons. The molecule has 0 aliphatic heterocycles. The molecule has 0 aromatic carbocycles. The molecule has 1 saturated carbocycles. The van der Waals surface area contributed by atoms with E-state index in [1.54, 1.807) is 6.20 Å². The van der Waals surface area contributed by atoms with Crippen molar-refractivity contribution >= 4 is 28.6 Å². The average molecular weight is 384 g/mol. The SMILES string of the molecule is CC(C)c1cc(Nc2nc(N[C@@H](CO)C3CCCCC3)nc3[nH]ncc23)n[nH]1. The first-order chi connectivity index (χ1) is 13.6. The van der Waals surface area contributed by atoms with Gasteiger partial charge in [-0.25, -0.2) is 0 Å². The molecule has 1 fully saturated rings. The van der Waals surface area contributed by atoms with Crippen LogP contribution in [0.1, 0.15) is 57.6 Å². The van der Waals surface area contributed by atoms with Crippen LogP contribution in [-0.2, 0) is 0 Å². The molecule has 5 N–H and O–H groups in total. The lowest BCUT2D eigenvalue weighted by Gasteiger charge is -2.29. The van der Waals surface area contributed by atoms with Crippen molar-refractivity contribution < 1.29 is 5.11 Å². The summed E-state index contributed by atoms with van der Waals surface area (Å²) in [7, 11) is 0. The summed E-state index contributed by atoms with van der Waals surface area (Å²) in [6.45, 7) is 4.28. The van der Waals surface area contributed by atoms with Gasteiger partial charge in [0.25, 0.3) is 0 Å². The molecule has 0 unspecified atom stereocenters. The van der Waals surface area contributed by atoms with Gasteiger partial charge in [-0.2, -0.15) is 20.2 Å². The monoisotopic (exact) mass is 384 g/mol. The first kappa shape index (κ1) is 18.7. The van der Waals surface area contributed by atoms with E-state index in [0.717, 1.165) is 23.9 Å². The summed E-state index contributed by atoms with van der Waals surface area (Å²) >= 11 is 0. The Morgan fingerprint density at radius 1 is 1.18 bits per heavy atom. The number of aliphatic hydroxyl groups is 1. The number of rotatable bonds is 7. The number of hydrogen-bond donors (Lipinski definition) is 5. The molecule has 1 aliphatic carbocycles. The summed E-state index contributed by atoms with van der Waals surface area (Å²) in [5.74, 6) is 2.60. The van der Waals surface area contributed by atoms with E-state index in [-0.39, 0.29) is 12.6 Å². The van der Waals surface area contributed by atoms with Crippen LogP contribution in [0.5, 0.6) is 0 Å². The van der Waals surface area contributed by atoms with Crippen LogP contribution in [0.4, 0.5) is 17.6 Å². The van der Waals surface area contributed by atoms with Crippen molar-refractivity contribution in [2.45, 2.75) is 57.9 Å². The van der Waals surface area contributed by atoms with Crippen molar-refractivity contribution in [2.75, 3.05) is 17.2 Å². The number of aromatic nitrogens is 6. The van der Waals surface area contributed by atoms with Gasteiger partial charge in [0.15, 0.2) is 11.5 Å². The topological polar surface area (TPSA) is 127 Å². The van der Waals surface area contributed by atoms with E-state index in [1.807, 2.05) is 6.07 Å². The van der Waals surface area contributed by atoms with Crippen molar-refractivity contribution in [3.63, 3.8) is 0 Å². The molecule has 28 heavy (non-hydrogen) atoms. The van der Waals surface area contributed by atoms with Gasteiger partial charge in [-0.05, 0) is 24.7 Å². The Morgan fingerprint density at radius 3 is 2.71 bits per heavy atom. The number of nitrogens with zero attached hydrogens (tertiary/aromatic N) is 4. The minimum Gasteiger partial charge on any atom is -0.394 e. The van der Waals surface area contributed by atoms with E-state index in [1.165, 1.54) is 19.3 Å². The lowest BCUT2D eigenvalue weighted by Crippen LogP contribution is -2.34. The second kappa shape index (κ2) is 8.14. The van der Waals surface area contributed by atoms with E-state index in [2.05, 4.69) is 54.8 Å². The van der Waals surface area contributed by atoms with Gasteiger partial charge in [0.2, 0.25) is 5.95 Å². The third kappa shape index (κ3) is 3.94. The molecule has 3 aromatic heterocycles. The minimum atomic E-state index is -0.0496. The van der Waals surface area contributed by atoms with Crippen molar-refractivity contribution in [2.24, 2.45) is 5.92 Å². The smallest absolute Gasteiger partial charge is 0.227 e. The molecular weight excluding hydrogens is 356 g/mol. The highest BCUT2D eigenvalue weighted by molar-refractivity contribution is 5.88. The maximum absolute atomic E-state index is 9.90. The van der Waals surface area contributed by atoms with E-state index >= 15 is 0 Å². The molecule has 150 valence electrons. The molecule has 1 atom stereocenters. The average Bonchev–Trinajstić information content (AvgIpc) is 3.36. The van der Waals surface area contributed by atoms with Gasteiger partial charge in [0, 0.05) is 11.8 Å². The Hall–Kier alpha value is -2.68. The molecule has 1 aliphatic rings. The van der Waals surface area contributed by atoms with Gasteiger partial charge in [0.1, 0.15) is 5.82 Å². The third-order valence-corrected chi connectivity index (χ3v) is 5.51. The molecule has 9 heteroatoms. The molecule has 0 bridgehead atoms. The van der Waals surface area contributed by atoms with Gasteiger partial charge in [0.05, 0.1) is 24.2 Å². The summed E-state index contributed by atoms with van der Waals surface area (Å²) in [4.78, 5) is 9.18. The molecule has 9 nitrogen and oxygen atoms in total. The normalized spacial score (nSPS) is 16.6. The van der Waals surface area contributed by atoms with Crippen LogP contribution in [0, 0.1) is 5.92 Å². The van der Waals surface area contributed by atoms with Crippen LogP contribution in [0.3, 0.4) is 0 Å². The third-order valence-electron chi connectivity index (χ3n) is 5.51. The van der Waals surface area contributed by atoms with Gasteiger partial charge in [-0.1, -0.05) is 33.1 Å². The number of hydrogen-bond acceptors (Lipinski definition) is 7. The highest BCUT2D eigenvalue weighted by atomic mass is 16.3. The number of anilines is 3. The second-order valence-corrected chi connectivity index (χ2v) is 7.85. The first-order valence-electron chi connectivity index (χ1n) is 10.0. The van der Waals surface area contributed by atoms with Crippen LogP contribution in [0.15, 0.2) is 12.3 Å². The highest BCUT2D eigenvalue weighted by Crippen LogP contribution is 2.29. The first-order valence-corrected chi connectivity index (χ1v) is 10.0. The summed E-state index contributed by atoms with van der Waals surface area (Å²) in [5, 5.41) is 31.7. The number of fused-ring (bicyclic) bond motifs is 1. The van der Waals surface area contributed by atoms with Crippen LogP contribution in [0.2, 0.25) is 0 Å². The van der Waals surface area contributed by atoms with Crippen molar-refractivity contribution in [1.82, 2.24) is 30.4 Å². The number of H-pyrrole nitrogens is 2. The maximum Gasteiger partial charge on any atom is 0.227 e. The minimum absolute atomic E-state index is 0.0496. The Balaban J connectivity index is 1.58. The quantitative estimate of drug-likeness (QED) is 0.423. The Kier molecular flexibility index (Phi) is 5.43. The molecule has 0 spiro atoms.